The van der Waals surface area contributed by atoms with E-state index < -0.39 is 0 Å². The molecule has 7 heteroatoms. The number of fused-ring (bicyclic) bond motifs is 3. The maximum absolute atomic E-state index is 5.72. The number of nitrogens with zero attached hydrogens (tertiary/aromatic N) is 6. The predicted octanol–water partition coefficient (Wildman–Crippen LogP) is 1.11. The number of hydrogen-bond acceptors (Lipinski definition) is 5. The lowest BCUT2D eigenvalue weighted by atomic mass is 9.99. The minimum absolute atomic E-state index is 0.363. The molecule has 0 spiro atoms. The largest absolute Gasteiger partial charge is 0.371 e. The van der Waals surface area contributed by atoms with E-state index in [9.17, 15) is 0 Å². The normalized spacial score (nSPS) is 23.8. The molecule has 0 aliphatic carbocycles. The summed E-state index contributed by atoms with van der Waals surface area (Å²) < 4.78 is 9.44. The Labute approximate surface area is 127 Å². The second kappa shape index (κ2) is 4.30. The first-order valence-electron chi connectivity index (χ1n) is 7.51. The Kier molecular flexibility index (Phi) is 2.38. The van der Waals surface area contributed by atoms with Gasteiger partial charge in [-0.3, -0.25) is 4.68 Å². The summed E-state index contributed by atoms with van der Waals surface area (Å²) in [6, 6.07) is 6.03. The second-order valence-electron chi connectivity index (χ2n) is 5.96. The molecule has 6 heterocycles. The molecule has 0 N–H and O–H groups in total. The van der Waals surface area contributed by atoms with Crippen molar-refractivity contribution in [2.75, 3.05) is 18.0 Å². The molecule has 6 rings (SSSR count). The Morgan fingerprint density at radius 2 is 1.86 bits per heavy atom. The molecule has 3 aliphatic rings. The summed E-state index contributed by atoms with van der Waals surface area (Å²) in [4.78, 5) is 7.07. The highest BCUT2D eigenvalue weighted by Gasteiger charge is 2.39. The minimum Gasteiger partial charge on any atom is -0.371 e. The van der Waals surface area contributed by atoms with E-state index in [1.54, 1.807) is 12.4 Å². The van der Waals surface area contributed by atoms with Crippen LogP contribution in [0.5, 0.6) is 0 Å². The second-order valence-corrected chi connectivity index (χ2v) is 5.96. The van der Waals surface area contributed by atoms with Crippen molar-refractivity contribution in [3.63, 3.8) is 0 Å². The third-order valence-corrected chi connectivity index (χ3v) is 4.51. The average molecular weight is 296 g/mol. The van der Waals surface area contributed by atoms with Crippen LogP contribution in [0.15, 0.2) is 30.6 Å². The number of aryl methyl sites for hydroxylation is 1. The van der Waals surface area contributed by atoms with Crippen LogP contribution in [-0.4, -0.2) is 49.7 Å². The summed E-state index contributed by atoms with van der Waals surface area (Å²) in [5.41, 5.74) is 2.88. The lowest BCUT2D eigenvalue weighted by Crippen LogP contribution is -2.57. The van der Waals surface area contributed by atoms with Crippen molar-refractivity contribution in [2.45, 2.75) is 18.6 Å². The SMILES string of the molecule is Cn1nccc1-c1cc(N2CC3CC(C2)O3)nc2ccnn12. The van der Waals surface area contributed by atoms with Crippen molar-refractivity contribution in [1.29, 1.82) is 0 Å². The van der Waals surface area contributed by atoms with Crippen LogP contribution in [0.3, 0.4) is 0 Å². The number of hydrogen-bond donors (Lipinski definition) is 0. The molecule has 3 saturated heterocycles. The first-order valence-corrected chi connectivity index (χ1v) is 7.51. The smallest absolute Gasteiger partial charge is 0.158 e. The maximum atomic E-state index is 5.72. The lowest BCUT2D eigenvalue weighted by Gasteiger charge is -2.47. The summed E-state index contributed by atoms with van der Waals surface area (Å²) in [7, 11) is 1.94. The fraction of sp³-hybridized carbons (Fsp3) is 0.400. The third-order valence-electron chi connectivity index (χ3n) is 4.51. The average Bonchev–Trinajstić information content (AvgIpc) is 3.14. The summed E-state index contributed by atoms with van der Waals surface area (Å²) in [5.74, 6) is 0.988. The van der Waals surface area contributed by atoms with E-state index in [1.165, 1.54) is 6.42 Å². The quantitative estimate of drug-likeness (QED) is 0.709. The van der Waals surface area contributed by atoms with Gasteiger partial charge in [0.05, 0.1) is 29.8 Å². The third kappa shape index (κ3) is 1.69. The van der Waals surface area contributed by atoms with Gasteiger partial charge in [-0.15, -0.1) is 0 Å². The molecule has 0 aromatic carbocycles. The molecule has 112 valence electrons. The van der Waals surface area contributed by atoms with Crippen molar-refractivity contribution < 1.29 is 4.74 Å². The number of piperidine rings is 1. The molecule has 0 amide bonds. The van der Waals surface area contributed by atoms with Crippen LogP contribution < -0.4 is 4.90 Å². The molecular weight excluding hydrogens is 280 g/mol. The number of ether oxygens (including phenoxy) is 1. The van der Waals surface area contributed by atoms with Gasteiger partial charge < -0.3 is 9.64 Å². The maximum Gasteiger partial charge on any atom is 0.158 e. The Balaban J connectivity index is 1.65. The van der Waals surface area contributed by atoms with Crippen LogP contribution in [-0.2, 0) is 11.8 Å². The first-order chi connectivity index (χ1) is 10.8. The lowest BCUT2D eigenvalue weighted by molar-refractivity contribution is -0.133. The van der Waals surface area contributed by atoms with Crippen molar-refractivity contribution in [3.05, 3.63) is 30.6 Å². The van der Waals surface area contributed by atoms with E-state index in [4.69, 9.17) is 9.72 Å². The molecule has 3 aliphatic heterocycles. The van der Waals surface area contributed by atoms with Crippen molar-refractivity contribution in [2.24, 2.45) is 7.05 Å². The monoisotopic (exact) mass is 296 g/mol. The van der Waals surface area contributed by atoms with Gasteiger partial charge in [-0.2, -0.15) is 10.2 Å². The number of rotatable bonds is 2. The zero-order chi connectivity index (χ0) is 14.7. The van der Waals surface area contributed by atoms with E-state index >= 15 is 0 Å². The van der Waals surface area contributed by atoms with Crippen molar-refractivity contribution >= 4 is 11.5 Å². The van der Waals surface area contributed by atoms with Crippen LogP contribution in [0.2, 0.25) is 0 Å². The fourth-order valence-electron chi connectivity index (χ4n) is 3.41. The molecule has 0 radical (unpaired) electrons. The highest BCUT2D eigenvalue weighted by molar-refractivity contribution is 5.65. The minimum atomic E-state index is 0.363. The van der Waals surface area contributed by atoms with Crippen molar-refractivity contribution in [1.82, 2.24) is 24.4 Å². The van der Waals surface area contributed by atoms with Gasteiger partial charge in [0.25, 0.3) is 0 Å². The standard InChI is InChI=1S/C15H16N6O/c1-19-12(2-4-16-19)13-7-15(18-14-3-5-17-21(13)14)20-8-10-6-11(9-20)22-10/h2-5,7,10-11H,6,8-9H2,1H3. The molecule has 2 atom stereocenters. The van der Waals surface area contributed by atoms with Gasteiger partial charge in [0.15, 0.2) is 5.65 Å². The van der Waals surface area contributed by atoms with Gasteiger partial charge in [-0.25, -0.2) is 9.50 Å². The number of anilines is 1. The van der Waals surface area contributed by atoms with Crippen LogP contribution in [0, 0.1) is 0 Å². The predicted molar refractivity (Wildman–Crippen MR) is 80.7 cm³/mol. The van der Waals surface area contributed by atoms with E-state index in [0.29, 0.717) is 12.2 Å². The molecule has 3 aromatic rings. The van der Waals surface area contributed by atoms with Gasteiger partial charge in [0.1, 0.15) is 5.82 Å². The van der Waals surface area contributed by atoms with Gasteiger partial charge in [-0.1, -0.05) is 0 Å². The Morgan fingerprint density at radius 1 is 1.09 bits per heavy atom. The van der Waals surface area contributed by atoms with Gasteiger partial charge in [-0.05, 0) is 6.07 Å². The van der Waals surface area contributed by atoms with Crippen LogP contribution in [0.4, 0.5) is 5.82 Å². The zero-order valence-electron chi connectivity index (χ0n) is 12.3. The molecule has 0 saturated carbocycles. The molecule has 7 nitrogen and oxygen atoms in total. The van der Waals surface area contributed by atoms with E-state index in [-0.39, 0.29) is 0 Å². The van der Waals surface area contributed by atoms with Gasteiger partial charge in [0, 0.05) is 44.9 Å². The van der Waals surface area contributed by atoms with Crippen LogP contribution in [0.25, 0.3) is 17.0 Å². The first kappa shape index (κ1) is 12.2. The molecular formula is C15H16N6O. The molecule has 2 unspecified atom stereocenters. The van der Waals surface area contributed by atoms with E-state index in [0.717, 1.165) is 35.9 Å². The highest BCUT2D eigenvalue weighted by atomic mass is 16.5. The van der Waals surface area contributed by atoms with Gasteiger partial charge >= 0.3 is 0 Å². The Hall–Kier alpha value is -2.41. The highest BCUT2D eigenvalue weighted by Crippen LogP contribution is 2.32. The molecule has 3 aromatic heterocycles. The van der Waals surface area contributed by atoms with Crippen molar-refractivity contribution in [3.8, 4) is 11.4 Å². The van der Waals surface area contributed by atoms with Crippen LogP contribution in [0.1, 0.15) is 6.42 Å². The molecule has 22 heavy (non-hydrogen) atoms. The fourth-order valence-corrected chi connectivity index (χ4v) is 3.41. The van der Waals surface area contributed by atoms with Crippen LogP contribution >= 0.6 is 0 Å². The molecule has 2 bridgehead atoms. The summed E-state index contributed by atoms with van der Waals surface area (Å²) in [5, 5.41) is 8.66. The summed E-state index contributed by atoms with van der Waals surface area (Å²) in [6.45, 7) is 1.83. The molecule has 3 fully saturated rings. The number of morpholine rings is 1. The van der Waals surface area contributed by atoms with E-state index in [1.807, 2.05) is 28.4 Å². The zero-order valence-corrected chi connectivity index (χ0v) is 12.3. The number of aromatic nitrogens is 5. The Bertz CT molecular complexity index is 837. The van der Waals surface area contributed by atoms with E-state index in [2.05, 4.69) is 21.2 Å². The Morgan fingerprint density at radius 3 is 2.59 bits per heavy atom. The topological polar surface area (TPSA) is 60.5 Å². The summed E-state index contributed by atoms with van der Waals surface area (Å²) >= 11 is 0. The van der Waals surface area contributed by atoms with Gasteiger partial charge in [0.2, 0.25) is 0 Å². The summed E-state index contributed by atoms with van der Waals surface area (Å²) in [6.07, 6.45) is 5.49.